The number of alkyl halides is 1. The largest absolute Gasteiger partial charge is 0.383 e. The molecule has 2 bridgehead atoms. The van der Waals surface area contributed by atoms with Gasteiger partial charge in [-0.25, -0.2) is 4.39 Å². The quantitative estimate of drug-likeness (QED) is 0.845. The molecule has 3 rings (SSSR count). The van der Waals surface area contributed by atoms with Crippen molar-refractivity contribution in [3.63, 3.8) is 0 Å². The van der Waals surface area contributed by atoms with Crippen LogP contribution in [-0.2, 0) is 16.1 Å². The van der Waals surface area contributed by atoms with E-state index in [4.69, 9.17) is 4.74 Å². The van der Waals surface area contributed by atoms with Crippen molar-refractivity contribution in [1.29, 1.82) is 0 Å². The number of carbonyl (C=O) groups excluding carboxylic acids is 1. The number of ether oxygens (including phenoxy) is 1. The Labute approximate surface area is 140 Å². The molecule has 0 unspecified atom stereocenters. The smallest absolute Gasteiger partial charge is 0.251 e. The van der Waals surface area contributed by atoms with Gasteiger partial charge in [-0.15, -0.1) is 11.3 Å². The molecule has 2 saturated carbocycles. The summed E-state index contributed by atoms with van der Waals surface area (Å²) in [5.74, 6) is 0.689. The lowest BCUT2D eigenvalue weighted by molar-refractivity contribution is -0.124. The number of nitrogens with zero attached hydrogens (tertiary/aromatic N) is 2. The van der Waals surface area contributed by atoms with Gasteiger partial charge >= 0.3 is 0 Å². The van der Waals surface area contributed by atoms with Crippen molar-refractivity contribution < 1.29 is 13.9 Å². The molecular formula is C17H25FN2O2S. The number of aromatic nitrogens is 1. The summed E-state index contributed by atoms with van der Waals surface area (Å²) in [4.78, 5) is 18.9. The summed E-state index contributed by atoms with van der Waals surface area (Å²) in [6, 6.07) is 0. The molecule has 2 aliphatic rings. The minimum absolute atomic E-state index is 0.0231. The van der Waals surface area contributed by atoms with E-state index in [1.165, 1.54) is 11.3 Å². The van der Waals surface area contributed by atoms with Crippen molar-refractivity contribution in [2.45, 2.75) is 51.7 Å². The van der Waals surface area contributed by atoms with Gasteiger partial charge in [0, 0.05) is 30.6 Å². The molecule has 1 heterocycles. The van der Waals surface area contributed by atoms with Crippen LogP contribution in [0.5, 0.6) is 0 Å². The summed E-state index contributed by atoms with van der Waals surface area (Å²) in [6.07, 6.45) is 5.32. The van der Waals surface area contributed by atoms with Crippen LogP contribution in [0.4, 0.5) is 4.39 Å². The normalized spacial score (nSPS) is 31.3. The predicted molar refractivity (Wildman–Crippen MR) is 87.9 cm³/mol. The van der Waals surface area contributed by atoms with Crippen molar-refractivity contribution in [2.75, 3.05) is 13.7 Å². The summed E-state index contributed by atoms with van der Waals surface area (Å²) in [7, 11) is 1.67. The predicted octanol–water partition coefficient (Wildman–Crippen LogP) is 3.10. The molecule has 1 amide bonds. The number of thiazole rings is 1. The maximum atomic E-state index is 13.6. The molecule has 128 valence electrons. The molecule has 0 radical (unpaired) electrons. The summed E-state index contributed by atoms with van der Waals surface area (Å²) in [5, 5.41) is 0. The second-order valence-corrected chi connectivity index (χ2v) is 8.18. The van der Waals surface area contributed by atoms with Gasteiger partial charge in [-0.05, 0) is 50.9 Å². The van der Waals surface area contributed by atoms with Gasteiger partial charge in [0.15, 0.2) is 4.80 Å². The topological polar surface area (TPSA) is 43.6 Å². The highest BCUT2D eigenvalue weighted by Gasteiger charge is 2.38. The molecule has 2 aliphatic carbocycles. The second-order valence-electron chi connectivity index (χ2n) is 6.97. The zero-order valence-electron chi connectivity index (χ0n) is 13.8. The lowest BCUT2D eigenvalue weighted by Crippen LogP contribution is -2.35. The Bertz CT molecular complexity index is 606. The highest BCUT2D eigenvalue weighted by atomic mass is 32.1. The Morgan fingerprint density at radius 2 is 2.04 bits per heavy atom. The monoisotopic (exact) mass is 340 g/mol. The zero-order chi connectivity index (χ0) is 16.4. The average Bonchev–Trinajstić information content (AvgIpc) is 2.83. The zero-order valence-corrected chi connectivity index (χ0v) is 14.7. The SMILES string of the molecule is COCCn1cc(C)s/c1=N\C(=O)[C@H]1C[C@@H]2C[C@H](F)C[C@@H](C2)C1. The number of rotatable bonds is 4. The third-order valence-corrected chi connectivity index (χ3v) is 5.94. The molecule has 23 heavy (non-hydrogen) atoms. The maximum absolute atomic E-state index is 13.6. The summed E-state index contributed by atoms with van der Waals surface area (Å²) >= 11 is 1.54. The molecule has 6 heteroatoms. The van der Waals surface area contributed by atoms with Gasteiger partial charge in [-0.1, -0.05) is 0 Å². The highest BCUT2D eigenvalue weighted by molar-refractivity contribution is 7.09. The maximum Gasteiger partial charge on any atom is 0.251 e. The Morgan fingerprint density at radius 1 is 1.35 bits per heavy atom. The van der Waals surface area contributed by atoms with Crippen LogP contribution in [0.25, 0.3) is 0 Å². The lowest BCUT2D eigenvalue weighted by atomic mass is 9.67. The number of fused-ring (bicyclic) bond motifs is 2. The van der Waals surface area contributed by atoms with E-state index < -0.39 is 6.17 Å². The summed E-state index contributed by atoms with van der Waals surface area (Å²) < 4.78 is 20.7. The second kappa shape index (κ2) is 7.26. The molecule has 4 nitrogen and oxygen atoms in total. The minimum Gasteiger partial charge on any atom is -0.383 e. The van der Waals surface area contributed by atoms with E-state index in [1.54, 1.807) is 7.11 Å². The fraction of sp³-hybridized carbons (Fsp3) is 0.765. The van der Waals surface area contributed by atoms with E-state index in [1.807, 2.05) is 17.7 Å². The molecule has 0 aromatic carbocycles. The van der Waals surface area contributed by atoms with E-state index in [0.717, 1.165) is 28.9 Å². The molecule has 1 aromatic heterocycles. The highest BCUT2D eigenvalue weighted by Crippen LogP contribution is 2.43. The summed E-state index contributed by atoms with van der Waals surface area (Å²) in [5.41, 5.74) is 0. The van der Waals surface area contributed by atoms with Crippen LogP contribution in [-0.4, -0.2) is 30.4 Å². The molecule has 4 atom stereocenters. The Morgan fingerprint density at radius 3 is 2.70 bits per heavy atom. The molecule has 0 saturated heterocycles. The van der Waals surface area contributed by atoms with Gasteiger partial charge in [0.2, 0.25) is 0 Å². The number of halogens is 1. The van der Waals surface area contributed by atoms with Crippen LogP contribution in [0, 0.1) is 24.7 Å². The van der Waals surface area contributed by atoms with Crippen molar-refractivity contribution in [2.24, 2.45) is 22.7 Å². The van der Waals surface area contributed by atoms with Gasteiger partial charge in [-0.3, -0.25) is 4.79 Å². The molecule has 1 aromatic rings. The first-order chi connectivity index (χ1) is 11.0. The van der Waals surface area contributed by atoms with Crippen molar-refractivity contribution in [1.82, 2.24) is 4.57 Å². The molecule has 0 aliphatic heterocycles. The Hall–Kier alpha value is -1.01. The van der Waals surface area contributed by atoms with Gasteiger partial charge in [0.05, 0.1) is 6.61 Å². The average molecular weight is 340 g/mol. The van der Waals surface area contributed by atoms with Gasteiger partial charge in [-0.2, -0.15) is 4.99 Å². The first-order valence-electron chi connectivity index (χ1n) is 8.43. The Kier molecular flexibility index (Phi) is 5.31. The van der Waals surface area contributed by atoms with E-state index in [0.29, 0.717) is 37.8 Å². The number of methoxy groups -OCH3 is 1. The molecule has 2 fully saturated rings. The van der Waals surface area contributed by atoms with Gasteiger partial charge in [0.1, 0.15) is 6.17 Å². The summed E-state index contributed by atoms with van der Waals surface area (Å²) in [6.45, 7) is 3.32. The first kappa shape index (κ1) is 16.8. The fourth-order valence-electron chi connectivity index (χ4n) is 4.10. The lowest BCUT2D eigenvalue weighted by Gasteiger charge is -2.39. The molecule has 0 N–H and O–H groups in total. The number of aryl methyl sites for hydroxylation is 1. The number of carbonyl (C=O) groups is 1. The van der Waals surface area contributed by atoms with Crippen molar-refractivity contribution >= 4 is 17.2 Å². The van der Waals surface area contributed by atoms with Crippen LogP contribution >= 0.6 is 11.3 Å². The third-order valence-electron chi connectivity index (χ3n) is 5.01. The van der Waals surface area contributed by atoms with Gasteiger partial charge in [0.25, 0.3) is 5.91 Å². The number of hydrogen-bond acceptors (Lipinski definition) is 3. The van der Waals surface area contributed by atoms with E-state index in [2.05, 4.69) is 4.99 Å². The molecule has 0 spiro atoms. The van der Waals surface area contributed by atoms with Gasteiger partial charge < -0.3 is 9.30 Å². The van der Waals surface area contributed by atoms with Crippen LogP contribution < -0.4 is 4.80 Å². The number of amides is 1. The van der Waals surface area contributed by atoms with E-state index in [-0.39, 0.29) is 11.8 Å². The fourth-order valence-corrected chi connectivity index (χ4v) is 4.96. The van der Waals surface area contributed by atoms with Crippen LogP contribution in [0.1, 0.15) is 37.0 Å². The number of hydrogen-bond donors (Lipinski definition) is 0. The Balaban J connectivity index is 1.74. The van der Waals surface area contributed by atoms with Crippen molar-refractivity contribution in [3.05, 3.63) is 15.9 Å². The van der Waals surface area contributed by atoms with E-state index >= 15 is 0 Å². The third kappa shape index (κ3) is 4.10. The minimum atomic E-state index is -0.664. The van der Waals surface area contributed by atoms with Crippen LogP contribution in [0.2, 0.25) is 0 Å². The van der Waals surface area contributed by atoms with Crippen LogP contribution in [0.15, 0.2) is 11.2 Å². The molecular weight excluding hydrogens is 315 g/mol. The first-order valence-corrected chi connectivity index (χ1v) is 9.25. The van der Waals surface area contributed by atoms with E-state index in [9.17, 15) is 9.18 Å². The van der Waals surface area contributed by atoms with Crippen molar-refractivity contribution in [3.8, 4) is 0 Å². The standard InChI is InChI=1S/C17H25FN2O2S/c1-11-10-20(3-4-22-2)17(23-11)19-16(21)14-6-12-5-13(7-14)9-15(18)8-12/h10,12-15H,3-9H2,1-2H3/b19-17-/t12-,13+,14+,15+. The van der Waals surface area contributed by atoms with Crippen LogP contribution in [0.3, 0.4) is 0 Å².